The molecule has 38 heavy (non-hydrogen) atoms. The third-order valence-electron chi connectivity index (χ3n) is 8.39. The summed E-state index contributed by atoms with van der Waals surface area (Å²) in [7, 11) is 1.48. The van der Waals surface area contributed by atoms with Crippen LogP contribution in [0.4, 0.5) is 18.0 Å². The number of ketones is 1. The third-order valence-corrected chi connectivity index (χ3v) is 8.64. The molecule has 2 saturated heterocycles. The topological polar surface area (TPSA) is 79.0 Å². The van der Waals surface area contributed by atoms with Gasteiger partial charge in [0.05, 0.1) is 6.61 Å². The van der Waals surface area contributed by atoms with Gasteiger partial charge in [-0.25, -0.2) is 4.79 Å². The number of nitrogens with zero attached hydrogens (tertiary/aromatic N) is 2. The summed E-state index contributed by atoms with van der Waals surface area (Å²) in [6.45, 7) is 3.14. The largest absolute Gasteiger partial charge is 0.449 e. The average Bonchev–Trinajstić information content (AvgIpc) is 3.49. The molecule has 11 heteroatoms. The van der Waals surface area contributed by atoms with Crippen LogP contribution in [-0.2, 0) is 14.3 Å². The molecule has 1 aromatic carbocycles. The predicted molar refractivity (Wildman–Crippen MR) is 136 cm³/mol. The maximum atomic E-state index is 14.3. The first kappa shape index (κ1) is 28.7. The molecule has 4 rings (SSSR count). The molecule has 210 valence electrons. The monoisotopic (exact) mass is 557 g/mol. The number of alkyl halides is 3. The molecule has 0 bridgehead atoms. The summed E-state index contributed by atoms with van der Waals surface area (Å²) in [5.41, 5.74) is -0.754. The van der Waals surface area contributed by atoms with Gasteiger partial charge in [0.25, 0.3) is 0 Å². The molecule has 2 heterocycles. The summed E-state index contributed by atoms with van der Waals surface area (Å²) in [5.74, 6) is -0.771. The van der Waals surface area contributed by atoms with Crippen LogP contribution in [0, 0.1) is 11.3 Å². The second kappa shape index (κ2) is 11.0. The molecule has 0 aromatic heterocycles. The molecule has 2 amide bonds. The van der Waals surface area contributed by atoms with Gasteiger partial charge in [-0.1, -0.05) is 30.7 Å². The number of rotatable bonds is 8. The highest BCUT2D eigenvalue weighted by Gasteiger charge is 2.57. The number of nitrogens with one attached hydrogen (secondary N) is 1. The standard InChI is InChI=1S/C27H35ClF3N3O4/c1-25(11-12-25)23(36)34-13-8-19(9-14-34)22(35)26(33(2)24(37)38-15-3-10-27(29,30)31)17-32-16-21(26)18-4-6-20(28)7-5-18/h4-7,19,21,32H,3,8-17H2,1-2H3/t21-,26+/m0/s1. The molecular formula is C27H35ClF3N3O4. The Morgan fingerprint density at radius 3 is 2.37 bits per heavy atom. The lowest BCUT2D eigenvalue weighted by Gasteiger charge is -2.44. The predicted octanol–water partition coefficient (Wildman–Crippen LogP) is 4.78. The first-order chi connectivity index (χ1) is 17.9. The maximum absolute atomic E-state index is 14.3. The highest BCUT2D eigenvalue weighted by atomic mass is 35.5. The second-order valence-corrected chi connectivity index (χ2v) is 11.5. The fourth-order valence-electron chi connectivity index (χ4n) is 5.74. The van der Waals surface area contributed by atoms with Crippen molar-refractivity contribution < 1.29 is 32.3 Å². The van der Waals surface area contributed by atoms with E-state index in [1.807, 2.05) is 24.0 Å². The highest BCUT2D eigenvalue weighted by Crippen LogP contribution is 2.47. The van der Waals surface area contributed by atoms with Gasteiger partial charge in [-0.15, -0.1) is 0 Å². The molecule has 0 spiro atoms. The van der Waals surface area contributed by atoms with E-state index in [4.69, 9.17) is 16.3 Å². The van der Waals surface area contributed by atoms with Gasteiger partial charge in [-0.3, -0.25) is 14.5 Å². The Hall–Kier alpha value is -2.33. The molecule has 1 aliphatic carbocycles. The molecule has 2 aliphatic heterocycles. The van der Waals surface area contributed by atoms with E-state index in [1.165, 1.54) is 11.9 Å². The van der Waals surface area contributed by atoms with Crippen LogP contribution in [0.25, 0.3) is 0 Å². The number of hydrogen-bond donors (Lipinski definition) is 1. The number of Topliss-reactive ketones (excluding diaryl/α,β-unsaturated/α-hetero) is 1. The van der Waals surface area contributed by atoms with E-state index in [1.54, 1.807) is 12.1 Å². The summed E-state index contributed by atoms with van der Waals surface area (Å²) in [4.78, 5) is 43.3. The number of benzene rings is 1. The Labute approximate surface area is 226 Å². The SMILES string of the molecule is CN(C(=O)OCCCC(F)(F)F)[C@]1(C(=O)C2CCN(C(=O)C3(C)CC3)CC2)CNC[C@H]1c1ccc(Cl)cc1. The zero-order valence-corrected chi connectivity index (χ0v) is 22.5. The summed E-state index contributed by atoms with van der Waals surface area (Å²) < 4.78 is 42.8. The Morgan fingerprint density at radius 1 is 1.16 bits per heavy atom. The Bertz CT molecular complexity index is 1040. The van der Waals surface area contributed by atoms with Crippen LogP contribution in [0.5, 0.6) is 0 Å². The van der Waals surface area contributed by atoms with Crippen LogP contribution in [0.1, 0.15) is 56.9 Å². The third kappa shape index (κ3) is 5.96. The van der Waals surface area contributed by atoms with Gasteiger partial charge in [-0.05, 0) is 49.8 Å². The van der Waals surface area contributed by atoms with Crippen LogP contribution in [0.3, 0.4) is 0 Å². The lowest BCUT2D eigenvalue weighted by atomic mass is 9.72. The van der Waals surface area contributed by atoms with Crippen molar-refractivity contribution in [2.24, 2.45) is 11.3 Å². The number of carbonyl (C=O) groups excluding carboxylic acids is 3. The Kier molecular flexibility index (Phi) is 8.33. The summed E-state index contributed by atoms with van der Waals surface area (Å²) in [6.07, 6.45) is -3.83. The molecule has 7 nitrogen and oxygen atoms in total. The lowest BCUT2D eigenvalue weighted by molar-refractivity contribution is -0.142. The number of piperidine rings is 1. The molecule has 3 aliphatic rings. The normalized spacial score (nSPS) is 25.2. The van der Waals surface area contributed by atoms with Crippen molar-refractivity contribution in [1.29, 1.82) is 0 Å². The first-order valence-electron chi connectivity index (χ1n) is 13.1. The van der Waals surface area contributed by atoms with Crippen LogP contribution >= 0.6 is 11.6 Å². The zero-order chi connectivity index (χ0) is 27.7. The number of halogens is 4. The van der Waals surface area contributed by atoms with E-state index in [2.05, 4.69) is 5.32 Å². The second-order valence-electron chi connectivity index (χ2n) is 11.0. The minimum Gasteiger partial charge on any atom is -0.449 e. The smallest absolute Gasteiger partial charge is 0.410 e. The van der Waals surface area contributed by atoms with Crippen molar-refractivity contribution in [3.8, 4) is 0 Å². The van der Waals surface area contributed by atoms with E-state index >= 15 is 0 Å². The van der Waals surface area contributed by atoms with E-state index in [0.717, 1.165) is 18.4 Å². The van der Waals surface area contributed by atoms with Gasteiger partial charge in [-0.2, -0.15) is 13.2 Å². The number of likely N-dealkylation sites (N-methyl/N-ethyl adjacent to an activating group) is 1. The van der Waals surface area contributed by atoms with Crippen LogP contribution in [0.15, 0.2) is 24.3 Å². The first-order valence-corrected chi connectivity index (χ1v) is 13.5. The van der Waals surface area contributed by atoms with Crippen molar-refractivity contribution in [3.63, 3.8) is 0 Å². The fraction of sp³-hybridized carbons (Fsp3) is 0.667. The van der Waals surface area contributed by atoms with Crippen LogP contribution in [0.2, 0.25) is 5.02 Å². The number of amides is 2. The average molecular weight is 558 g/mol. The van der Waals surface area contributed by atoms with Crippen molar-refractivity contribution in [2.45, 2.75) is 63.1 Å². The molecule has 0 unspecified atom stereocenters. The number of hydrogen-bond acceptors (Lipinski definition) is 5. The minimum atomic E-state index is -4.34. The van der Waals surface area contributed by atoms with Gasteiger partial charge in [0.15, 0.2) is 5.78 Å². The van der Waals surface area contributed by atoms with Gasteiger partial charge >= 0.3 is 12.3 Å². The molecule has 3 fully saturated rings. The van der Waals surface area contributed by atoms with Gasteiger partial charge in [0.2, 0.25) is 5.91 Å². The molecule has 1 N–H and O–H groups in total. The van der Waals surface area contributed by atoms with Gasteiger partial charge < -0.3 is 15.0 Å². The lowest BCUT2D eigenvalue weighted by Crippen LogP contribution is -2.62. The fourth-order valence-corrected chi connectivity index (χ4v) is 5.86. The zero-order valence-electron chi connectivity index (χ0n) is 21.8. The highest BCUT2D eigenvalue weighted by molar-refractivity contribution is 6.30. The molecule has 0 radical (unpaired) electrons. The molecule has 2 atom stereocenters. The van der Waals surface area contributed by atoms with E-state index in [0.29, 0.717) is 37.5 Å². The van der Waals surface area contributed by atoms with Crippen molar-refractivity contribution in [1.82, 2.24) is 15.1 Å². The van der Waals surface area contributed by atoms with E-state index in [-0.39, 0.29) is 36.0 Å². The number of carbonyl (C=O) groups is 3. The van der Waals surface area contributed by atoms with Crippen LogP contribution in [-0.4, -0.2) is 79.1 Å². The summed E-state index contributed by atoms with van der Waals surface area (Å²) in [6, 6.07) is 7.09. The minimum absolute atomic E-state index is 0.123. The quantitative estimate of drug-likeness (QED) is 0.465. The van der Waals surface area contributed by atoms with Gasteiger partial charge in [0.1, 0.15) is 5.54 Å². The van der Waals surface area contributed by atoms with E-state index in [9.17, 15) is 27.6 Å². The van der Waals surface area contributed by atoms with E-state index < -0.39 is 36.8 Å². The van der Waals surface area contributed by atoms with Crippen molar-refractivity contribution in [2.75, 3.05) is 39.8 Å². The Morgan fingerprint density at radius 2 is 1.79 bits per heavy atom. The van der Waals surface area contributed by atoms with Crippen LogP contribution < -0.4 is 5.32 Å². The number of likely N-dealkylation sites (tertiary alicyclic amines) is 1. The summed E-state index contributed by atoms with van der Waals surface area (Å²) >= 11 is 6.09. The summed E-state index contributed by atoms with van der Waals surface area (Å²) in [5, 5.41) is 3.80. The van der Waals surface area contributed by atoms with Crippen molar-refractivity contribution in [3.05, 3.63) is 34.9 Å². The molecular weight excluding hydrogens is 523 g/mol. The Balaban J connectivity index is 1.53. The van der Waals surface area contributed by atoms with Crippen molar-refractivity contribution >= 4 is 29.4 Å². The van der Waals surface area contributed by atoms with Gasteiger partial charge in [0, 0.05) is 61.9 Å². The number of ether oxygens (including phenoxy) is 1. The molecule has 1 saturated carbocycles. The molecule has 1 aromatic rings. The maximum Gasteiger partial charge on any atom is 0.410 e.